The zero-order valence-corrected chi connectivity index (χ0v) is 12.4. The summed E-state index contributed by atoms with van der Waals surface area (Å²) in [6.07, 6.45) is 2.35. The number of hydrogen-bond donors (Lipinski definition) is 2. The van der Waals surface area contributed by atoms with Crippen LogP contribution < -0.4 is 20.5 Å². The summed E-state index contributed by atoms with van der Waals surface area (Å²) in [4.78, 5) is 8.17. The number of nitrogens with two attached hydrogens (primary N) is 1. The molecule has 3 N–H and O–H groups in total. The molecule has 0 atom stereocenters. The van der Waals surface area contributed by atoms with Crippen LogP contribution in [0.5, 0.6) is 11.5 Å². The van der Waals surface area contributed by atoms with Crippen molar-refractivity contribution in [1.82, 2.24) is 9.97 Å². The highest BCUT2D eigenvalue weighted by Gasteiger charge is 2.07. The van der Waals surface area contributed by atoms with Gasteiger partial charge in [-0.1, -0.05) is 0 Å². The second-order valence-electron chi connectivity index (χ2n) is 4.19. The van der Waals surface area contributed by atoms with Crippen molar-refractivity contribution < 1.29 is 9.47 Å². The number of ether oxygens (including phenoxy) is 2. The topological polar surface area (TPSA) is 82.3 Å². The normalized spacial score (nSPS) is 10.2. The Kier molecular flexibility index (Phi) is 5.45. The summed E-state index contributed by atoms with van der Waals surface area (Å²) >= 11 is 5.64. The monoisotopic (exact) mass is 308 g/mol. The van der Waals surface area contributed by atoms with Gasteiger partial charge in [-0.15, -0.1) is 11.6 Å². The van der Waals surface area contributed by atoms with E-state index in [0.29, 0.717) is 35.8 Å². The molecule has 6 nitrogen and oxygen atoms in total. The van der Waals surface area contributed by atoms with Gasteiger partial charge in [-0.25, -0.2) is 4.98 Å². The summed E-state index contributed by atoms with van der Waals surface area (Å²) in [5.41, 5.74) is 6.40. The Hall–Kier alpha value is -2.21. The van der Waals surface area contributed by atoms with Crippen molar-refractivity contribution in [3.63, 3.8) is 0 Å². The van der Waals surface area contributed by atoms with Crippen LogP contribution in [0, 0.1) is 0 Å². The van der Waals surface area contributed by atoms with Gasteiger partial charge < -0.3 is 20.5 Å². The van der Waals surface area contributed by atoms with Gasteiger partial charge in [0.05, 0.1) is 13.7 Å². The molecule has 0 radical (unpaired) electrons. The highest BCUT2D eigenvalue weighted by Crippen LogP contribution is 2.31. The zero-order chi connectivity index (χ0) is 15.1. The second-order valence-corrected chi connectivity index (χ2v) is 4.56. The number of anilines is 3. The first-order chi connectivity index (χ1) is 10.2. The van der Waals surface area contributed by atoms with Crippen LogP contribution in [0.4, 0.5) is 17.5 Å². The van der Waals surface area contributed by atoms with Crippen LogP contribution in [-0.4, -0.2) is 29.6 Å². The Bertz CT molecular complexity index is 595. The lowest BCUT2D eigenvalue weighted by Crippen LogP contribution is -2.02. The molecule has 0 saturated heterocycles. The third kappa shape index (κ3) is 4.39. The maximum absolute atomic E-state index is 5.66. The van der Waals surface area contributed by atoms with E-state index in [4.69, 9.17) is 26.8 Å². The fraction of sp³-hybridized carbons (Fsp3) is 0.286. The smallest absolute Gasteiger partial charge is 0.229 e. The molecule has 0 unspecified atom stereocenters. The molecule has 0 bridgehead atoms. The van der Waals surface area contributed by atoms with Crippen molar-refractivity contribution in [2.45, 2.75) is 6.42 Å². The van der Waals surface area contributed by atoms with E-state index in [1.54, 1.807) is 19.4 Å². The SMILES string of the molecule is COc1ccc(Nc2nccc(N)n2)cc1OCCCCl. The number of hydrogen-bond acceptors (Lipinski definition) is 6. The summed E-state index contributed by atoms with van der Waals surface area (Å²) in [7, 11) is 1.60. The predicted molar refractivity (Wildman–Crippen MR) is 83.6 cm³/mol. The molecule has 1 heterocycles. The third-order valence-corrected chi connectivity index (χ3v) is 2.90. The lowest BCUT2D eigenvalue weighted by atomic mass is 10.2. The van der Waals surface area contributed by atoms with Crippen LogP contribution in [0.1, 0.15) is 6.42 Å². The van der Waals surface area contributed by atoms with E-state index >= 15 is 0 Å². The Labute approximate surface area is 128 Å². The number of halogens is 1. The van der Waals surface area contributed by atoms with E-state index in [1.807, 2.05) is 18.2 Å². The highest BCUT2D eigenvalue weighted by atomic mass is 35.5. The van der Waals surface area contributed by atoms with Crippen LogP contribution in [0.25, 0.3) is 0 Å². The van der Waals surface area contributed by atoms with Gasteiger partial charge in [0, 0.05) is 23.8 Å². The van der Waals surface area contributed by atoms with Gasteiger partial charge in [0.2, 0.25) is 5.95 Å². The molecule has 2 aromatic rings. The molecule has 21 heavy (non-hydrogen) atoms. The Morgan fingerprint density at radius 1 is 1.29 bits per heavy atom. The summed E-state index contributed by atoms with van der Waals surface area (Å²) in [6.45, 7) is 0.526. The summed E-state index contributed by atoms with van der Waals surface area (Å²) < 4.78 is 10.9. The van der Waals surface area contributed by atoms with Gasteiger partial charge in [-0.05, 0) is 24.6 Å². The van der Waals surface area contributed by atoms with Crippen molar-refractivity contribution in [2.75, 3.05) is 30.6 Å². The summed E-state index contributed by atoms with van der Waals surface area (Å²) in [5, 5.41) is 3.06. The lowest BCUT2D eigenvalue weighted by molar-refractivity contribution is 0.295. The fourth-order valence-corrected chi connectivity index (χ4v) is 1.78. The molecule has 0 aliphatic rings. The van der Waals surface area contributed by atoms with Crippen molar-refractivity contribution >= 4 is 29.1 Å². The second kappa shape index (κ2) is 7.54. The van der Waals surface area contributed by atoms with Crippen LogP contribution >= 0.6 is 11.6 Å². The molecular weight excluding hydrogens is 292 g/mol. The van der Waals surface area contributed by atoms with Gasteiger partial charge in [0.25, 0.3) is 0 Å². The van der Waals surface area contributed by atoms with Gasteiger partial charge >= 0.3 is 0 Å². The molecule has 0 saturated carbocycles. The van der Waals surface area contributed by atoms with Crippen LogP contribution in [0.2, 0.25) is 0 Å². The number of rotatable bonds is 7. The average molecular weight is 309 g/mol. The van der Waals surface area contributed by atoms with Crippen LogP contribution in [0.15, 0.2) is 30.5 Å². The molecule has 2 rings (SSSR count). The molecule has 112 valence electrons. The first kappa shape index (κ1) is 15.2. The highest BCUT2D eigenvalue weighted by molar-refractivity contribution is 6.17. The third-order valence-electron chi connectivity index (χ3n) is 2.63. The zero-order valence-electron chi connectivity index (χ0n) is 11.7. The first-order valence-corrected chi connectivity index (χ1v) is 6.98. The first-order valence-electron chi connectivity index (χ1n) is 6.45. The van der Waals surface area contributed by atoms with Gasteiger partial charge in [-0.2, -0.15) is 4.98 Å². The lowest BCUT2D eigenvalue weighted by Gasteiger charge is -2.12. The predicted octanol–water partition coefficient (Wildman–Crippen LogP) is 2.82. The van der Waals surface area contributed by atoms with E-state index in [1.165, 1.54) is 0 Å². The maximum atomic E-state index is 5.66. The van der Waals surface area contributed by atoms with Gasteiger partial charge in [0.15, 0.2) is 11.5 Å². The summed E-state index contributed by atoms with van der Waals surface area (Å²) in [5.74, 6) is 2.67. The number of methoxy groups -OCH3 is 1. The quantitative estimate of drug-likeness (QED) is 0.604. The molecule has 0 fully saturated rings. The van der Waals surface area contributed by atoms with Gasteiger partial charge in [-0.3, -0.25) is 0 Å². The largest absolute Gasteiger partial charge is 0.493 e. The minimum Gasteiger partial charge on any atom is -0.493 e. The van der Waals surface area contributed by atoms with Crippen molar-refractivity contribution in [2.24, 2.45) is 0 Å². The van der Waals surface area contributed by atoms with Crippen molar-refractivity contribution in [1.29, 1.82) is 0 Å². The number of aromatic nitrogens is 2. The summed E-state index contributed by atoms with van der Waals surface area (Å²) in [6, 6.07) is 7.10. The Morgan fingerprint density at radius 2 is 2.14 bits per heavy atom. The average Bonchev–Trinajstić information content (AvgIpc) is 2.48. The van der Waals surface area contributed by atoms with Crippen molar-refractivity contribution in [3.05, 3.63) is 30.5 Å². The Morgan fingerprint density at radius 3 is 2.86 bits per heavy atom. The minimum atomic E-state index is 0.402. The van der Waals surface area contributed by atoms with Crippen molar-refractivity contribution in [3.8, 4) is 11.5 Å². The minimum absolute atomic E-state index is 0.402. The molecule has 0 aliphatic carbocycles. The molecular formula is C14H17ClN4O2. The fourth-order valence-electron chi connectivity index (χ4n) is 1.67. The molecule has 0 aliphatic heterocycles. The van der Waals surface area contributed by atoms with E-state index in [2.05, 4.69) is 15.3 Å². The van der Waals surface area contributed by atoms with E-state index < -0.39 is 0 Å². The molecule has 0 amide bonds. The van der Waals surface area contributed by atoms with E-state index in [9.17, 15) is 0 Å². The standard InChI is InChI=1S/C14H17ClN4O2/c1-20-11-4-3-10(9-12(11)21-8-2-6-15)18-14-17-7-5-13(16)19-14/h3-5,7,9H,2,6,8H2,1H3,(H3,16,17,18,19). The number of benzene rings is 1. The molecule has 1 aromatic heterocycles. The molecule has 1 aromatic carbocycles. The maximum Gasteiger partial charge on any atom is 0.229 e. The number of nitrogens with zero attached hydrogens (tertiary/aromatic N) is 2. The van der Waals surface area contributed by atoms with Crippen LogP contribution in [0.3, 0.4) is 0 Å². The number of alkyl halides is 1. The molecule has 7 heteroatoms. The van der Waals surface area contributed by atoms with Crippen LogP contribution in [-0.2, 0) is 0 Å². The van der Waals surface area contributed by atoms with E-state index in [0.717, 1.165) is 12.1 Å². The molecule has 0 spiro atoms. The number of nitrogen functional groups attached to an aromatic ring is 1. The van der Waals surface area contributed by atoms with Gasteiger partial charge in [0.1, 0.15) is 5.82 Å². The number of nitrogens with one attached hydrogen (secondary N) is 1. The Balaban J connectivity index is 2.14. The van der Waals surface area contributed by atoms with E-state index in [-0.39, 0.29) is 0 Å².